The zero-order valence-corrected chi connectivity index (χ0v) is 13.2. The van der Waals surface area contributed by atoms with Gasteiger partial charge in [0.2, 0.25) is 5.91 Å². The molecule has 0 fully saturated rings. The van der Waals surface area contributed by atoms with Gasteiger partial charge in [-0.05, 0) is 42.0 Å². The van der Waals surface area contributed by atoms with E-state index in [2.05, 4.69) is 15.5 Å². The molecule has 2 heterocycles. The average Bonchev–Trinajstić information content (AvgIpc) is 3.09. The van der Waals surface area contributed by atoms with Crippen LogP contribution in [0.5, 0.6) is 5.75 Å². The van der Waals surface area contributed by atoms with Crippen molar-refractivity contribution in [2.24, 2.45) is 0 Å². The Bertz CT molecular complexity index is 798. The third-order valence-corrected chi connectivity index (χ3v) is 3.51. The first-order valence-corrected chi connectivity index (χ1v) is 7.50. The number of hydrogen-bond acceptors (Lipinski definition) is 5. The van der Waals surface area contributed by atoms with Gasteiger partial charge in [-0.25, -0.2) is 0 Å². The second-order valence-corrected chi connectivity index (χ2v) is 5.22. The minimum Gasteiger partial charge on any atom is -0.497 e. The molecule has 122 valence electrons. The highest BCUT2D eigenvalue weighted by molar-refractivity contribution is 5.78. The van der Waals surface area contributed by atoms with Crippen LogP contribution in [0.2, 0.25) is 0 Å². The lowest BCUT2D eigenvalue weighted by Crippen LogP contribution is -2.24. The highest BCUT2D eigenvalue weighted by Crippen LogP contribution is 2.23. The van der Waals surface area contributed by atoms with Crippen LogP contribution in [-0.2, 0) is 17.8 Å². The van der Waals surface area contributed by atoms with Crippen LogP contribution in [0.15, 0.2) is 59.4 Å². The summed E-state index contributed by atoms with van der Waals surface area (Å²) in [6.07, 6.45) is 3.56. The van der Waals surface area contributed by atoms with E-state index in [-0.39, 0.29) is 12.3 Å². The molecule has 0 aliphatic rings. The van der Waals surface area contributed by atoms with Crippen molar-refractivity contribution in [3.8, 4) is 17.1 Å². The van der Waals surface area contributed by atoms with E-state index in [4.69, 9.17) is 9.26 Å². The molecule has 0 radical (unpaired) electrons. The topological polar surface area (TPSA) is 77.2 Å². The van der Waals surface area contributed by atoms with Crippen molar-refractivity contribution in [3.05, 3.63) is 66.1 Å². The van der Waals surface area contributed by atoms with Gasteiger partial charge in [-0.3, -0.25) is 9.78 Å². The summed E-state index contributed by atoms with van der Waals surface area (Å²) in [5, 5.41) is 6.80. The smallest absolute Gasteiger partial charge is 0.226 e. The van der Waals surface area contributed by atoms with Gasteiger partial charge in [-0.15, -0.1) is 0 Å². The number of nitrogens with one attached hydrogen (secondary N) is 1. The van der Waals surface area contributed by atoms with Gasteiger partial charge in [0.05, 0.1) is 19.2 Å². The molecule has 0 saturated carbocycles. The molecule has 0 bridgehead atoms. The van der Waals surface area contributed by atoms with Crippen molar-refractivity contribution >= 4 is 5.91 Å². The molecule has 0 atom stereocenters. The standard InChI is InChI=1S/C18H17N3O3/c1-23-16-4-2-14(3-5-16)17-10-15(21-24-17)11-18(22)20-12-13-6-8-19-9-7-13/h2-10H,11-12H2,1H3,(H,20,22). The van der Waals surface area contributed by atoms with Crippen LogP contribution in [-0.4, -0.2) is 23.2 Å². The second-order valence-electron chi connectivity index (χ2n) is 5.22. The highest BCUT2D eigenvalue weighted by atomic mass is 16.5. The fourth-order valence-electron chi connectivity index (χ4n) is 2.21. The van der Waals surface area contributed by atoms with E-state index in [0.29, 0.717) is 18.0 Å². The predicted octanol–water partition coefficient (Wildman–Crippen LogP) is 2.60. The van der Waals surface area contributed by atoms with Gasteiger partial charge in [0, 0.05) is 30.6 Å². The molecule has 0 unspecified atom stereocenters. The van der Waals surface area contributed by atoms with Crippen molar-refractivity contribution < 1.29 is 14.1 Å². The fourth-order valence-corrected chi connectivity index (χ4v) is 2.21. The van der Waals surface area contributed by atoms with Crippen LogP contribution in [0.25, 0.3) is 11.3 Å². The number of aromatic nitrogens is 2. The number of ether oxygens (including phenoxy) is 1. The molecule has 1 amide bonds. The molecular weight excluding hydrogens is 306 g/mol. The first-order chi connectivity index (χ1) is 11.7. The number of carbonyl (C=O) groups excluding carboxylic acids is 1. The van der Waals surface area contributed by atoms with Crippen LogP contribution in [0.1, 0.15) is 11.3 Å². The number of methoxy groups -OCH3 is 1. The maximum atomic E-state index is 12.0. The lowest BCUT2D eigenvalue weighted by molar-refractivity contribution is -0.120. The molecule has 3 aromatic rings. The van der Waals surface area contributed by atoms with Gasteiger partial charge < -0.3 is 14.6 Å². The molecule has 1 N–H and O–H groups in total. The Balaban J connectivity index is 1.58. The van der Waals surface area contributed by atoms with E-state index in [1.807, 2.05) is 36.4 Å². The van der Waals surface area contributed by atoms with Gasteiger partial charge in [0.15, 0.2) is 5.76 Å². The van der Waals surface area contributed by atoms with Crippen LogP contribution in [0, 0.1) is 0 Å². The molecule has 3 rings (SSSR count). The Morgan fingerprint density at radius 1 is 1.17 bits per heavy atom. The summed E-state index contributed by atoms with van der Waals surface area (Å²) in [5.41, 5.74) is 2.47. The average molecular weight is 323 g/mol. The third-order valence-electron chi connectivity index (χ3n) is 3.51. The Kier molecular flexibility index (Phi) is 4.86. The van der Waals surface area contributed by atoms with E-state index in [1.54, 1.807) is 25.6 Å². The Morgan fingerprint density at radius 3 is 2.62 bits per heavy atom. The van der Waals surface area contributed by atoms with E-state index >= 15 is 0 Å². The normalized spacial score (nSPS) is 10.4. The number of nitrogens with zero attached hydrogens (tertiary/aromatic N) is 2. The maximum Gasteiger partial charge on any atom is 0.226 e. The largest absolute Gasteiger partial charge is 0.497 e. The highest BCUT2D eigenvalue weighted by Gasteiger charge is 2.10. The lowest BCUT2D eigenvalue weighted by atomic mass is 10.1. The van der Waals surface area contributed by atoms with Crippen molar-refractivity contribution in [2.75, 3.05) is 7.11 Å². The zero-order valence-electron chi connectivity index (χ0n) is 13.2. The number of amides is 1. The number of hydrogen-bond donors (Lipinski definition) is 1. The summed E-state index contributed by atoms with van der Waals surface area (Å²) >= 11 is 0. The molecule has 0 aliphatic heterocycles. The van der Waals surface area contributed by atoms with Crippen LogP contribution >= 0.6 is 0 Å². The van der Waals surface area contributed by atoms with E-state index in [9.17, 15) is 4.79 Å². The first kappa shape index (κ1) is 15.7. The number of rotatable bonds is 6. The van der Waals surface area contributed by atoms with Crippen LogP contribution in [0.3, 0.4) is 0 Å². The molecular formula is C18H17N3O3. The van der Waals surface area contributed by atoms with Crippen molar-refractivity contribution in [1.82, 2.24) is 15.5 Å². The number of pyridine rings is 1. The molecule has 24 heavy (non-hydrogen) atoms. The van der Waals surface area contributed by atoms with Crippen molar-refractivity contribution in [1.29, 1.82) is 0 Å². The molecule has 1 aromatic carbocycles. The summed E-state index contributed by atoms with van der Waals surface area (Å²) < 4.78 is 10.4. The van der Waals surface area contributed by atoms with Gasteiger partial charge in [0.1, 0.15) is 5.75 Å². The summed E-state index contributed by atoms with van der Waals surface area (Å²) in [4.78, 5) is 15.9. The number of benzene rings is 1. The van der Waals surface area contributed by atoms with Gasteiger partial charge in [-0.2, -0.15) is 0 Å². The lowest BCUT2D eigenvalue weighted by Gasteiger charge is -2.03. The Labute approximate surface area is 139 Å². The molecule has 2 aromatic heterocycles. The van der Waals surface area contributed by atoms with Crippen LogP contribution in [0.4, 0.5) is 0 Å². The van der Waals surface area contributed by atoms with E-state index < -0.39 is 0 Å². The summed E-state index contributed by atoms with van der Waals surface area (Å²) in [6, 6.07) is 12.9. The van der Waals surface area contributed by atoms with Crippen LogP contribution < -0.4 is 10.1 Å². The molecule has 0 saturated heterocycles. The molecule has 6 nitrogen and oxygen atoms in total. The Hall–Kier alpha value is -3.15. The first-order valence-electron chi connectivity index (χ1n) is 7.50. The molecule has 0 spiro atoms. The van der Waals surface area contributed by atoms with Crippen molar-refractivity contribution in [3.63, 3.8) is 0 Å². The predicted molar refractivity (Wildman–Crippen MR) is 88.3 cm³/mol. The SMILES string of the molecule is COc1ccc(-c2cc(CC(=O)NCc3ccncc3)no2)cc1. The minimum atomic E-state index is -0.110. The third kappa shape index (κ3) is 3.98. The quantitative estimate of drug-likeness (QED) is 0.754. The van der Waals surface area contributed by atoms with Crippen molar-refractivity contribution in [2.45, 2.75) is 13.0 Å². The molecule has 6 heteroatoms. The van der Waals surface area contributed by atoms with E-state index in [1.165, 1.54) is 0 Å². The monoisotopic (exact) mass is 323 g/mol. The zero-order chi connectivity index (χ0) is 16.8. The Morgan fingerprint density at radius 2 is 1.92 bits per heavy atom. The summed E-state index contributed by atoms with van der Waals surface area (Å²) in [7, 11) is 1.62. The minimum absolute atomic E-state index is 0.110. The number of carbonyl (C=O) groups is 1. The summed E-state index contributed by atoms with van der Waals surface area (Å²) in [5.74, 6) is 1.28. The van der Waals surface area contributed by atoms with Gasteiger partial charge in [-0.1, -0.05) is 5.16 Å². The second kappa shape index (κ2) is 7.41. The fraction of sp³-hybridized carbons (Fsp3) is 0.167. The maximum absolute atomic E-state index is 12.0. The van der Waals surface area contributed by atoms with Gasteiger partial charge in [0.25, 0.3) is 0 Å². The van der Waals surface area contributed by atoms with Gasteiger partial charge >= 0.3 is 0 Å². The van der Waals surface area contributed by atoms with E-state index in [0.717, 1.165) is 16.9 Å². The summed E-state index contributed by atoms with van der Waals surface area (Å²) in [6.45, 7) is 0.463. The molecule has 0 aliphatic carbocycles.